The van der Waals surface area contributed by atoms with Crippen molar-refractivity contribution in [1.29, 1.82) is 0 Å². The summed E-state index contributed by atoms with van der Waals surface area (Å²) in [6, 6.07) is 4.24. The molecule has 3 heterocycles. The zero-order valence-corrected chi connectivity index (χ0v) is 21.1. The second kappa shape index (κ2) is 9.22. The maximum atomic E-state index is 11.2. The summed E-state index contributed by atoms with van der Waals surface area (Å²) >= 11 is 0. The number of nitrogens with zero attached hydrogens (tertiary/aromatic N) is 4. The molecule has 0 bridgehead atoms. The van der Waals surface area contributed by atoms with Crippen LogP contribution in [0.2, 0.25) is 0 Å². The van der Waals surface area contributed by atoms with Crippen LogP contribution in [0.15, 0.2) is 21.2 Å². The van der Waals surface area contributed by atoms with Crippen molar-refractivity contribution >= 4 is 5.97 Å². The van der Waals surface area contributed by atoms with E-state index in [1.54, 1.807) is 0 Å². The van der Waals surface area contributed by atoms with Gasteiger partial charge < -0.3 is 19.1 Å². The Balaban J connectivity index is 1.28. The van der Waals surface area contributed by atoms with Gasteiger partial charge in [-0.05, 0) is 93.3 Å². The van der Waals surface area contributed by atoms with E-state index < -0.39 is 5.97 Å². The van der Waals surface area contributed by atoms with Gasteiger partial charge in [0, 0.05) is 24.1 Å². The predicted molar refractivity (Wildman–Crippen MR) is 131 cm³/mol. The zero-order valence-electron chi connectivity index (χ0n) is 21.1. The lowest BCUT2D eigenvalue weighted by Gasteiger charge is -2.30. The lowest BCUT2D eigenvalue weighted by molar-refractivity contribution is -0.143. The second-order valence-electron chi connectivity index (χ2n) is 11.0. The minimum atomic E-state index is -0.663. The Kier molecular flexibility index (Phi) is 6.25. The van der Waals surface area contributed by atoms with Gasteiger partial charge in [0.1, 0.15) is 5.76 Å². The van der Waals surface area contributed by atoms with Crippen LogP contribution in [0.5, 0.6) is 0 Å². The fourth-order valence-corrected chi connectivity index (χ4v) is 5.52. The monoisotopic (exact) mass is 478 g/mol. The fourth-order valence-electron chi connectivity index (χ4n) is 5.52. The van der Waals surface area contributed by atoms with Gasteiger partial charge in [0.2, 0.25) is 5.82 Å². The van der Waals surface area contributed by atoms with Crippen LogP contribution in [0.3, 0.4) is 0 Å². The number of hydrogen-bond acceptors (Lipinski definition) is 7. The highest BCUT2D eigenvalue weighted by molar-refractivity contribution is 5.70. The predicted octanol–water partition coefficient (Wildman–Crippen LogP) is 4.86. The van der Waals surface area contributed by atoms with Gasteiger partial charge in [0.05, 0.1) is 5.92 Å². The first-order valence-corrected chi connectivity index (χ1v) is 12.6. The molecule has 2 aliphatic rings. The van der Waals surface area contributed by atoms with Crippen LogP contribution in [-0.2, 0) is 24.1 Å². The molecule has 8 heteroatoms. The van der Waals surface area contributed by atoms with Gasteiger partial charge in [0.25, 0.3) is 5.89 Å². The fraction of sp³-hybridized carbons (Fsp3) is 0.556. The number of carbonyl (C=O) groups is 1. The lowest BCUT2D eigenvalue weighted by Crippen LogP contribution is -2.37. The van der Waals surface area contributed by atoms with Crippen LogP contribution in [0.1, 0.15) is 61.1 Å². The number of aryl methyl sites for hydroxylation is 2. The number of piperidine rings is 1. The SMILES string of the molecule is Cc1cc(-c2noc(-c3noc4c3CCC(C)(C)C4)n2)cc(C)c1CCN1CCC(C(=O)O)CC1. The molecule has 35 heavy (non-hydrogen) atoms. The molecule has 1 aromatic carbocycles. The van der Waals surface area contributed by atoms with Crippen molar-refractivity contribution in [2.75, 3.05) is 19.6 Å². The number of likely N-dealkylation sites (tertiary alicyclic amines) is 1. The quantitative estimate of drug-likeness (QED) is 0.535. The largest absolute Gasteiger partial charge is 0.481 e. The lowest BCUT2D eigenvalue weighted by atomic mass is 9.77. The first-order valence-electron chi connectivity index (χ1n) is 12.6. The minimum Gasteiger partial charge on any atom is -0.481 e. The van der Waals surface area contributed by atoms with E-state index in [4.69, 9.17) is 9.05 Å². The molecule has 0 spiro atoms. The van der Waals surface area contributed by atoms with Gasteiger partial charge >= 0.3 is 5.97 Å². The number of carboxylic acids is 1. The van der Waals surface area contributed by atoms with Crippen LogP contribution in [0.4, 0.5) is 0 Å². The molecule has 1 saturated heterocycles. The third-order valence-corrected chi connectivity index (χ3v) is 7.76. The molecule has 0 saturated carbocycles. The van der Waals surface area contributed by atoms with Crippen LogP contribution in [-0.4, -0.2) is 50.9 Å². The van der Waals surface area contributed by atoms with Crippen molar-refractivity contribution in [3.05, 3.63) is 40.1 Å². The third kappa shape index (κ3) is 4.89. The van der Waals surface area contributed by atoms with E-state index in [0.29, 0.717) is 17.4 Å². The molecule has 8 nitrogen and oxygen atoms in total. The zero-order chi connectivity index (χ0) is 24.7. The molecule has 5 rings (SSSR count). The number of carboxylic acid groups (broad SMARTS) is 1. The summed E-state index contributed by atoms with van der Waals surface area (Å²) in [5.74, 6) is 1.04. The Labute approximate surface area is 205 Å². The van der Waals surface area contributed by atoms with Crippen molar-refractivity contribution < 1.29 is 18.9 Å². The number of fused-ring (bicyclic) bond motifs is 1. The van der Waals surface area contributed by atoms with Crippen molar-refractivity contribution in [1.82, 2.24) is 20.2 Å². The van der Waals surface area contributed by atoms with Gasteiger partial charge in [-0.25, -0.2) is 0 Å². The normalized spacial score (nSPS) is 18.5. The molecule has 2 aromatic heterocycles. The van der Waals surface area contributed by atoms with Crippen LogP contribution >= 0.6 is 0 Å². The van der Waals surface area contributed by atoms with Gasteiger partial charge in [-0.15, -0.1) is 0 Å². The molecule has 1 aliphatic carbocycles. The Morgan fingerprint density at radius 1 is 1.14 bits per heavy atom. The Bertz CT molecular complexity index is 1210. The van der Waals surface area contributed by atoms with Crippen molar-refractivity contribution in [2.24, 2.45) is 11.3 Å². The highest BCUT2D eigenvalue weighted by Crippen LogP contribution is 2.39. The smallest absolute Gasteiger partial charge is 0.306 e. The van der Waals surface area contributed by atoms with E-state index in [0.717, 1.165) is 75.0 Å². The van der Waals surface area contributed by atoms with Crippen LogP contribution in [0.25, 0.3) is 23.0 Å². The number of aromatic nitrogens is 3. The van der Waals surface area contributed by atoms with E-state index in [9.17, 15) is 9.90 Å². The van der Waals surface area contributed by atoms with Crippen molar-refractivity contribution in [3.8, 4) is 23.0 Å². The number of rotatable bonds is 6. The second-order valence-corrected chi connectivity index (χ2v) is 11.0. The third-order valence-electron chi connectivity index (χ3n) is 7.76. The van der Waals surface area contributed by atoms with Crippen molar-refractivity contribution in [2.45, 2.75) is 66.2 Å². The van der Waals surface area contributed by atoms with Crippen LogP contribution < -0.4 is 0 Å². The maximum absolute atomic E-state index is 11.2. The topological polar surface area (TPSA) is 105 Å². The number of aliphatic carboxylic acids is 1. The Morgan fingerprint density at radius 3 is 2.54 bits per heavy atom. The first kappa shape index (κ1) is 23.7. The summed E-state index contributed by atoms with van der Waals surface area (Å²) in [6.07, 6.45) is 5.26. The van der Waals surface area contributed by atoms with Gasteiger partial charge in [-0.3, -0.25) is 4.79 Å². The average Bonchev–Trinajstić information content (AvgIpc) is 3.45. The maximum Gasteiger partial charge on any atom is 0.306 e. The summed E-state index contributed by atoms with van der Waals surface area (Å²) < 4.78 is 11.2. The summed E-state index contributed by atoms with van der Waals surface area (Å²) in [7, 11) is 0. The Morgan fingerprint density at radius 2 is 1.86 bits per heavy atom. The molecular formula is C27H34N4O4. The van der Waals surface area contributed by atoms with E-state index in [2.05, 4.69) is 60.0 Å². The molecule has 1 aliphatic heterocycles. The summed E-state index contributed by atoms with van der Waals surface area (Å²) in [5, 5.41) is 17.7. The summed E-state index contributed by atoms with van der Waals surface area (Å²) in [6.45, 7) is 11.4. The molecule has 0 atom stereocenters. The summed E-state index contributed by atoms with van der Waals surface area (Å²) in [5.41, 5.74) is 6.64. The number of hydrogen-bond donors (Lipinski definition) is 1. The highest BCUT2D eigenvalue weighted by atomic mass is 16.5. The van der Waals surface area contributed by atoms with E-state index in [1.165, 1.54) is 16.7 Å². The van der Waals surface area contributed by atoms with Gasteiger partial charge in [0.15, 0.2) is 5.69 Å². The van der Waals surface area contributed by atoms with Crippen molar-refractivity contribution in [3.63, 3.8) is 0 Å². The van der Waals surface area contributed by atoms with E-state index in [-0.39, 0.29) is 11.3 Å². The summed E-state index contributed by atoms with van der Waals surface area (Å²) in [4.78, 5) is 18.2. The molecule has 1 fully saturated rings. The molecule has 1 N–H and O–H groups in total. The van der Waals surface area contributed by atoms with Crippen LogP contribution in [0, 0.1) is 25.2 Å². The minimum absolute atomic E-state index is 0.191. The molecule has 0 amide bonds. The standard InChI is InChI=1S/C27H34N4O4/c1-16-13-19(14-17(2)20(16)8-12-31-10-6-18(7-11-31)26(32)33)24-28-25(35-30-24)23-21-5-9-27(3,4)15-22(21)34-29-23/h13-14,18H,5-12,15H2,1-4H3,(H,32,33). The van der Waals surface area contributed by atoms with E-state index >= 15 is 0 Å². The Hall–Kier alpha value is -3.00. The molecule has 186 valence electrons. The van der Waals surface area contributed by atoms with E-state index in [1.807, 2.05) is 0 Å². The molecule has 0 unspecified atom stereocenters. The molecular weight excluding hydrogens is 444 g/mol. The highest BCUT2D eigenvalue weighted by Gasteiger charge is 2.32. The van der Waals surface area contributed by atoms with Gasteiger partial charge in [-0.1, -0.05) is 24.2 Å². The molecule has 0 radical (unpaired) electrons. The van der Waals surface area contributed by atoms with Gasteiger partial charge in [-0.2, -0.15) is 4.98 Å². The molecule has 3 aromatic rings. The first-order chi connectivity index (χ1) is 16.7. The average molecular weight is 479 g/mol. The number of benzene rings is 1.